The van der Waals surface area contributed by atoms with Gasteiger partial charge in [0.15, 0.2) is 17.8 Å². The molecule has 0 aliphatic carbocycles. The van der Waals surface area contributed by atoms with Crippen molar-refractivity contribution in [1.82, 2.24) is 0 Å². The minimum Gasteiger partial charge on any atom is -0.490 e. The number of anilines is 1. The van der Waals surface area contributed by atoms with Crippen LogP contribution in [-0.4, -0.2) is 31.7 Å². The Kier molecular flexibility index (Phi) is 6.52. The topological polar surface area (TPSA) is 73.9 Å². The van der Waals surface area contributed by atoms with Gasteiger partial charge in [-0.3, -0.25) is 10.1 Å². The number of ether oxygens (including phenoxy) is 3. The molecular formula is C15H21NO5. The summed E-state index contributed by atoms with van der Waals surface area (Å²) in [6, 6.07) is 3.12. The van der Waals surface area contributed by atoms with Crippen LogP contribution in [0.1, 0.15) is 38.1 Å². The molecule has 0 saturated heterocycles. The molecule has 6 nitrogen and oxygen atoms in total. The quantitative estimate of drug-likeness (QED) is 0.782. The lowest BCUT2D eigenvalue weighted by molar-refractivity contribution is 0.111. The van der Waals surface area contributed by atoms with E-state index in [-0.39, 0.29) is 6.10 Å². The molecule has 0 aromatic heterocycles. The van der Waals surface area contributed by atoms with Crippen molar-refractivity contribution in [3.8, 4) is 11.5 Å². The average molecular weight is 295 g/mol. The molecule has 1 N–H and O–H groups in total. The lowest BCUT2D eigenvalue weighted by Crippen LogP contribution is -2.18. The van der Waals surface area contributed by atoms with Crippen LogP contribution in [0.2, 0.25) is 0 Å². The Balaban J connectivity index is 3.08. The van der Waals surface area contributed by atoms with Gasteiger partial charge in [0.25, 0.3) is 0 Å². The fourth-order valence-electron chi connectivity index (χ4n) is 1.71. The third-order valence-corrected chi connectivity index (χ3v) is 2.39. The molecule has 0 heterocycles. The lowest BCUT2D eigenvalue weighted by Gasteiger charge is -2.15. The summed E-state index contributed by atoms with van der Waals surface area (Å²) in [5, 5.41) is 2.56. The van der Waals surface area contributed by atoms with Crippen molar-refractivity contribution in [3.05, 3.63) is 17.7 Å². The van der Waals surface area contributed by atoms with Gasteiger partial charge in [0.05, 0.1) is 24.9 Å². The Bertz CT molecular complexity index is 499. The SMILES string of the molecule is CCOc1cc(NC(=O)OC(C)C)cc(C=O)c1OCC. The van der Waals surface area contributed by atoms with Crippen LogP contribution in [0.5, 0.6) is 11.5 Å². The van der Waals surface area contributed by atoms with Gasteiger partial charge in [0.2, 0.25) is 0 Å². The smallest absolute Gasteiger partial charge is 0.411 e. The Hall–Kier alpha value is -2.24. The van der Waals surface area contributed by atoms with Crippen molar-refractivity contribution in [3.63, 3.8) is 0 Å². The molecule has 0 atom stereocenters. The highest BCUT2D eigenvalue weighted by atomic mass is 16.6. The molecule has 0 fully saturated rings. The van der Waals surface area contributed by atoms with Crippen molar-refractivity contribution >= 4 is 18.1 Å². The summed E-state index contributed by atoms with van der Waals surface area (Å²) >= 11 is 0. The first-order valence-corrected chi connectivity index (χ1v) is 6.88. The molecule has 0 saturated carbocycles. The van der Waals surface area contributed by atoms with E-state index in [1.54, 1.807) is 19.9 Å². The molecule has 21 heavy (non-hydrogen) atoms. The highest BCUT2D eigenvalue weighted by molar-refractivity contribution is 5.89. The molecule has 0 aliphatic heterocycles. The molecule has 0 radical (unpaired) electrons. The van der Waals surface area contributed by atoms with Gasteiger partial charge in [0.1, 0.15) is 0 Å². The first-order chi connectivity index (χ1) is 10.0. The normalized spacial score (nSPS) is 10.1. The Morgan fingerprint density at radius 3 is 2.43 bits per heavy atom. The maximum Gasteiger partial charge on any atom is 0.411 e. The number of benzene rings is 1. The molecule has 0 spiro atoms. The zero-order valence-electron chi connectivity index (χ0n) is 12.8. The molecule has 0 unspecified atom stereocenters. The number of aldehydes is 1. The van der Waals surface area contributed by atoms with Gasteiger partial charge in [-0.05, 0) is 33.8 Å². The van der Waals surface area contributed by atoms with Crippen molar-refractivity contribution in [2.75, 3.05) is 18.5 Å². The largest absolute Gasteiger partial charge is 0.490 e. The molecule has 6 heteroatoms. The van der Waals surface area contributed by atoms with Gasteiger partial charge in [-0.2, -0.15) is 0 Å². The molecule has 116 valence electrons. The third kappa shape index (κ3) is 4.98. The zero-order chi connectivity index (χ0) is 15.8. The number of nitrogens with one attached hydrogen (secondary N) is 1. The number of rotatable bonds is 7. The first kappa shape index (κ1) is 16.8. The maximum atomic E-state index is 11.6. The van der Waals surface area contributed by atoms with E-state index in [0.717, 1.165) is 0 Å². The summed E-state index contributed by atoms with van der Waals surface area (Å²) in [5.74, 6) is 0.779. The van der Waals surface area contributed by atoms with E-state index in [9.17, 15) is 9.59 Å². The molecule has 0 bridgehead atoms. The predicted octanol–water partition coefficient (Wildman–Crippen LogP) is 3.25. The van der Waals surface area contributed by atoms with Crippen LogP contribution >= 0.6 is 0 Å². The molecule has 1 aromatic rings. The third-order valence-electron chi connectivity index (χ3n) is 2.39. The summed E-state index contributed by atoms with van der Waals surface area (Å²) < 4.78 is 15.9. The second-order valence-electron chi connectivity index (χ2n) is 4.46. The number of hydrogen-bond acceptors (Lipinski definition) is 5. The lowest BCUT2D eigenvalue weighted by atomic mass is 10.1. The van der Waals surface area contributed by atoms with E-state index in [1.807, 2.05) is 13.8 Å². The highest BCUT2D eigenvalue weighted by Crippen LogP contribution is 2.34. The van der Waals surface area contributed by atoms with Gasteiger partial charge in [-0.15, -0.1) is 0 Å². The Labute approximate surface area is 124 Å². The fourth-order valence-corrected chi connectivity index (χ4v) is 1.71. The first-order valence-electron chi connectivity index (χ1n) is 6.88. The van der Waals surface area contributed by atoms with E-state index in [4.69, 9.17) is 14.2 Å². The van der Waals surface area contributed by atoms with Crippen LogP contribution in [0.15, 0.2) is 12.1 Å². The number of hydrogen-bond donors (Lipinski definition) is 1. The van der Waals surface area contributed by atoms with E-state index in [2.05, 4.69) is 5.32 Å². The van der Waals surface area contributed by atoms with E-state index >= 15 is 0 Å². The second kappa shape index (κ2) is 8.14. The maximum absolute atomic E-state index is 11.6. The molecule has 0 aliphatic rings. The van der Waals surface area contributed by atoms with Crippen LogP contribution < -0.4 is 14.8 Å². The van der Waals surface area contributed by atoms with Gasteiger partial charge in [-0.1, -0.05) is 0 Å². The van der Waals surface area contributed by atoms with Gasteiger partial charge in [0, 0.05) is 11.8 Å². The summed E-state index contributed by atoms with van der Waals surface area (Å²) in [6.07, 6.45) is -0.162. The number of amides is 1. The molecule has 1 aromatic carbocycles. The van der Waals surface area contributed by atoms with E-state index in [0.29, 0.717) is 42.2 Å². The number of carbonyl (C=O) groups is 2. The summed E-state index contributed by atoms with van der Waals surface area (Å²) in [4.78, 5) is 22.8. The van der Waals surface area contributed by atoms with Crippen LogP contribution in [0, 0.1) is 0 Å². The van der Waals surface area contributed by atoms with Crippen LogP contribution in [0.25, 0.3) is 0 Å². The van der Waals surface area contributed by atoms with Crippen molar-refractivity contribution in [2.45, 2.75) is 33.8 Å². The highest BCUT2D eigenvalue weighted by Gasteiger charge is 2.15. The van der Waals surface area contributed by atoms with Crippen molar-refractivity contribution < 1.29 is 23.8 Å². The Morgan fingerprint density at radius 1 is 1.24 bits per heavy atom. The fraction of sp³-hybridized carbons (Fsp3) is 0.467. The Morgan fingerprint density at radius 2 is 1.90 bits per heavy atom. The van der Waals surface area contributed by atoms with E-state index in [1.165, 1.54) is 6.07 Å². The standard InChI is InChI=1S/C15H21NO5/c1-5-19-13-8-12(16-15(18)21-10(3)4)7-11(9-17)14(13)20-6-2/h7-10H,5-6H2,1-4H3,(H,16,18). The van der Waals surface area contributed by atoms with Crippen LogP contribution in [0.4, 0.5) is 10.5 Å². The van der Waals surface area contributed by atoms with Gasteiger partial charge >= 0.3 is 6.09 Å². The van der Waals surface area contributed by atoms with Crippen LogP contribution in [-0.2, 0) is 4.74 Å². The predicted molar refractivity (Wildman–Crippen MR) is 79.4 cm³/mol. The molecular weight excluding hydrogens is 274 g/mol. The van der Waals surface area contributed by atoms with E-state index < -0.39 is 6.09 Å². The van der Waals surface area contributed by atoms with Crippen LogP contribution in [0.3, 0.4) is 0 Å². The second-order valence-corrected chi connectivity index (χ2v) is 4.46. The summed E-state index contributed by atoms with van der Waals surface area (Å²) in [7, 11) is 0. The van der Waals surface area contributed by atoms with Crippen molar-refractivity contribution in [2.24, 2.45) is 0 Å². The monoisotopic (exact) mass is 295 g/mol. The average Bonchev–Trinajstić information content (AvgIpc) is 2.40. The zero-order valence-corrected chi connectivity index (χ0v) is 12.8. The summed E-state index contributed by atoms with van der Waals surface area (Å²) in [6.45, 7) is 7.96. The minimum atomic E-state index is -0.589. The molecule has 1 amide bonds. The van der Waals surface area contributed by atoms with Gasteiger partial charge in [-0.25, -0.2) is 4.79 Å². The minimum absolute atomic E-state index is 0.232. The molecule has 1 rings (SSSR count). The van der Waals surface area contributed by atoms with Gasteiger partial charge < -0.3 is 14.2 Å². The van der Waals surface area contributed by atoms with Crippen molar-refractivity contribution in [1.29, 1.82) is 0 Å². The number of carbonyl (C=O) groups excluding carboxylic acids is 2. The summed E-state index contributed by atoms with van der Waals surface area (Å²) in [5.41, 5.74) is 0.720.